The maximum Gasteiger partial charge on any atom is 0.271 e. The van der Waals surface area contributed by atoms with Gasteiger partial charge in [-0.05, 0) is 26.0 Å². The molecular weight excluding hydrogens is 360 g/mol. The molecule has 0 bridgehead atoms. The van der Waals surface area contributed by atoms with Gasteiger partial charge >= 0.3 is 0 Å². The summed E-state index contributed by atoms with van der Waals surface area (Å²) in [5, 5.41) is 6.30. The third kappa shape index (κ3) is 3.47. The van der Waals surface area contributed by atoms with E-state index in [0.29, 0.717) is 31.9 Å². The van der Waals surface area contributed by atoms with E-state index >= 15 is 0 Å². The Balaban J connectivity index is 1.82. The second-order valence-corrected chi connectivity index (χ2v) is 7.02. The van der Waals surface area contributed by atoms with Gasteiger partial charge in [0.1, 0.15) is 11.2 Å². The zero-order chi connectivity index (χ0) is 20.3. The summed E-state index contributed by atoms with van der Waals surface area (Å²) in [6.45, 7) is 4.93. The van der Waals surface area contributed by atoms with Gasteiger partial charge in [0.25, 0.3) is 5.91 Å². The van der Waals surface area contributed by atoms with E-state index in [9.17, 15) is 14.4 Å². The van der Waals surface area contributed by atoms with Crippen molar-refractivity contribution in [2.75, 3.05) is 33.4 Å². The monoisotopic (exact) mass is 386 g/mol. The molecule has 8 heteroatoms. The summed E-state index contributed by atoms with van der Waals surface area (Å²) >= 11 is 0. The third-order valence-electron chi connectivity index (χ3n) is 5.18. The number of aromatic nitrogens is 1. The molecule has 2 N–H and O–H groups in total. The first kappa shape index (κ1) is 19.9. The molecule has 0 spiro atoms. The van der Waals surface area contributed by atoms with Crippen molar-refractivity contribution in [3.63, 3.8) is 0 Å². The number of likely N-dealkylation sites (N-methyl/N-ethyl adjacent to an activating group) is 1. The molecule has 2 heterocycles. The fraction of sp³-hybridized carbons (Fsp3) is 0.450. The van der Waals surface area contributed by atoms with Gasteiger partial charge in [-0.15, -0.1) is 0 Å². The number of carbonyl (C=O) groups excluding carboxylic acids is 3. The number of fused-ring (bicyclic) bond motifs is 3. The number of hydrogen-bond acceptors (Lipinski definition) is 4. The van der Waals surface area contributed by atoms with E-state index in [2.05, 4.69) is 10.6 Å². The minimum absolute atomic E-state index is 0.150. The number of hydrogen-bond donors (Lipinski definition) is 2. The van der Waals surface area contributed by atoms with E-state index in [-0.39, 0.29) is 24.3 Å². The number of nitrogens with zero attached hydrogens (tertiary/aromatic N) is 2. The Morgan fingerprint density at radius 1 is 1.25 bits per heavy atom. The zero-order valence-corrected chi connectivity index (χ0v) is 16.4. The standard InChI is InChI=1S/C20H26N4O4/c1-4-24-18(26)16-11-14-7-5-6-8-15(14)23(16)13-20(24,2)19(27)22-12-17(25)21-9-10-28-3/h5-8,11H,4,9-10,12-13H2,1-3H3,(H,21,25)(H,22,27)/t20-/m0/s1. The molecule has 3 amide bonds. The molecule has 8 nitrogen and oxygen atoms in total. The molecule has 0 unspecified atom stereocenters. The maximum absolute atomic E-state index is 13.1. The largest absolute Gasteiger partial charge is 0.383 e. The van der Waals surface area contributed by atoms with Gasteiger partial charge in [0.2, 0.25) is 11.8 Å². The lowest BCUT2D eigenvalue weighted by Gasteiger charge is -2.43. The summed E-state index contributed by atoms with van der Waals surface area (Å²) < 4.78 is 6.77. The van der Waals surface area contributed by atoms with Crippen LogP contribution in [0.2, 0.25) is 0 Å². The van der Waals surface area contributed by atoms with Crippen LogP contribution < -0.4 is 10.6 Å². The SMILES string of the molecule is CCN1C(=O)c2cc3ccccc3n2C[C@@]1(C)C(=O)NCC(=O)NCCOC. The predicted octanol–water partition coefficient (Wildman–Crippen LogP) is 0.755. The molecule has 0 radical (unpaired) electrons. The Kier molecular flexibility index (Phi) is 5.69. The Morgan fingerprint density at radius 3 is 2.71 bits per heavy atom. The van der Waals surface area contributed by atoms with Crippen molar-refractivity contribution in [2.24, 2.45) is 0 Å². The average Bonchev–Trinajstić information content (AvgIpc) is 3.05. The van der Waals surface area contributed by atoms with Gasteiger partial charge in [-0.2, -0.15) is 0 Å². The fourth-order valence-corrected chi connectivity index (χ4v) is 3.71. The van der Waals surface area contributed by atoms with Gasteiger partial charge in [0, 0.05) is 31.1 Å². The van der Waals surface area contributed by atoms with E-state index in [1.54, 1.807) is 18.9 Å². The first-order valence-electron chi connectivity index (χ1n) is 9.36. The summed E-state index contributed by atoms with van der Waals surface area (Å²) in [6, 6.07) is 9.58. The van der Waals surface area contributed by atoms with Crippen molar-refractivity contribution in [1.29, 1.82) is 0 Å². The van der Waals surface area contributed by atoms with Gasteiger partial charge in [-0.1, -0.05) is 18.2 Å². The minimum atomic E-state index is -1.09. The molecule has 28 heavy (non-hydrogen) atoms. The van der Waals surface area contributed by atoms with Crippen LogP contribution in [0.5, 0.6) is 0 Å². The topological polar surface area (TPSA) is 92.7 Å². The Bertz CT molecular complexity index is 907. The van der Waals surface area contributed by atoms with Crippen molar-refractivity contribution in [2.45, 2.75) is 25.9 Å². The predicted molar refractivity (Wildman–Crippen MR) is 105 cm³/mol. The molecule has 0 fully saturated rings. The number of methoxy groups -OCH3 is 1. The second-order valence-electron chi connectivity index (χ2n) is 7.02. The quantitative estimate of drug-likeness (QED) is 0.687. The molecule has 1 atom stereocenters. The van der Waals surface area contributed by atoms with Crippen molar-refractivity contribution in [3.8, 4) is 0 Å². The lowest BCUT2D eigenvalue weighted by Crippen LogP contribution is -2.64. The molecule has 0 saturated carbocycles. The molecule has 1 aromatic carbocycles. The highest BCUT2D eigenvalue weighted by molar-refractivity contribution is 6.04. The first-order valence-corrected chi connectivity index (χ1v) is 9.36. The lowest BCUT2D eigenvalue weighted by atomic mass is 9.95. The Hall–Kier alpha value is -2.87. The highest BCUT2D eigenvalue weighted by atomic mass is 16.5. The van der Waals surface area contributed by atoms with Crippen LogP contribution in [-0.2, 0) is 20.9 Å². The second kappa shape index (κ2) is 8.02. The number of amides is 3. The van der Waals surface area contributed by atoms with E-state index in [4.69, 9.17) is 4.74 Å². The van der Waals surface area contributed by atoms with Crippen LogP contribution in [0.3, 0.4) is 0 Å². The van der Waals surface area contributed by atoms with Crippen LogP contribution in [0.1, 0.15) is 24.3 Å². The van der Waals surface area contributed by atoms with Gasteiger partial charge in [-0.25, -0.2) is 0 Å². The van der Waals surface area contributed by atoms with E-state index in [1.807, 2.05) is 41.8 Å². The molecule has 1 aromatic heterocycles. The molecule has 150 valence electrons. The number of ether oxygens (including phenoxy) is 1. The maximum atomic E-state index is 13.1. The van der Waals surface area contributed by atoms with Gasteiger partial charge in [0.15, 0.2) is 0 Å². The molecule has 1 aliphatic rings. The number of carbonyl (C=O) groups is 3. The molecule has 2 aromatic rings. The molecule has 3 rings (SSSR count). The molecule has 0 aliphatic carbocycles. The van der Waals surface area contributed by atoms with E-state index in [1.165, 1.54) is 0 Å². The number of nitrogens with one attached hydrogen (secondary N) is 2. The number of benzene rings is 1. The van der Waals surface area contributed by atoms with Crippen LogP contribution in [-0.4, -0.2) is 66.1 Å². The molecular formula is C20H26N4O4. The highest BCUT2D eigenvalue weighted by Gasteiger charge is 2.46. The first-order chi connectivity index (χ1) is 13.4. The normalized spacial score (nSPS) is 18.8. The third-order valence-corrected chi connectivity index (χ3v) is 5.18. The van der Waals surface area contributed by atoms with Crippen molar-refractivity contribution in [3.05, 3.63) is 36.0 Å². The highest BCUT2D eigenvalue weighted by Crippen LogP contribution is 2.31. The molecule has 1 aliphatic heterocycles. The number of rotatable bonds is 7. The smallest absolute Gasteiger partial charge is 0.271 e. The minimum Gasteiger partial charge on any atom is -0.383 e. The summed E-state index contributed by atoms with van der Waals surface area (Å²) in [7, 11) is 1.55. The molecule has 0 saturated heterocycles. The Labute approximate surface area is 163 Å². The van der Waals surface area contributed by atoms with E-state index in [0.717, 1.165) is 10.9 Å². The van der Waals surface area contributed by atoms with Crippen molar-refractivity contribution in [1.82, 2.24) is 20.1 Å². The lowest BCUT2D eigenvalue weighted by molar-refractivity contribution is -0.134. The van der Waals surface area contributed by atoms with Crippen LogP contribution >= 0.6 is 0 Å². The summed E-state index contributed by atoms with van der Waals surface area (Å²) in [4.78, 5) is 39.6. The van der Waals surface area contributed by atoms with Crippen molar-refractivity contribution >= 4 is 28.6 Å². The van der Waals surface area contributed by atoms with Gasteiger partial charge in [-0.3, -0.25) is 14.4 Å². The van der Waals surface area contributed by atoms with Crippen molar-refractivity contribution < 1.29 is 19.1 Å². The van der Waals surface area contributed by atoms with Gasteiger partial charge < -0.3 is 24.8 Å². The number of para-hydroxylation sites is 1. The fourth-order valence-electron chi connectivity index (χ4n) is 3.71. The van der Waals surface area contributed by atoms with Crippen LogP contribution in [0.25, 0.3) is 10.9 Å². The summed E-state index contributed by atoms with van der Waals surface area (Å²) in [5.74, 6) is -0.841. The zero-order valence-electron chi connectivity index (χ0n) is 16.4. The van der Waals surface area contributed by atoms with Crippen LogP contribution in [0.4, 0.5) is 0 Å². The Morgan fingerprint density at radius 2 is 2.00 bits per heavy atom. The van der Waals surface area contributed by atoms with Crippen LogP contribution in [0, 0.1) is 0 Å². The average molecular weight is 386 g/mol. The van der Waals surface area contributed by atoms with Gasteiger partial charge in [0.05, 0.1) is 19.7 Å². The van der Waals surface area contributed by atoms with E-state index < -0.39 is 5.54 Å². The van der Waals surface area contributed by atoms with Crippen LogP contribution in [0.15, 0.2) is 30.3 Å². The summed E-state index contributed by atoms with van der Waals surface area (Å²) in [5.41, 5.74) is 0.400. The summed E-state index contributed by atoms with van der Waals surface area (Å²) in [6.07, 6.45) is 0.